The Balaban J connectivity index is 1.99. The van der Waals surface area contributed by atoms with E-state index in [9.17, 15) is 4.79 Å². The summed E-state index contributed by atoms with van der Waals surface area (Å²) in [6, 6.07) is 14.7. The molecular formula is C15H15ClN2O2S. The van der Waals surface area contributed by atoms with Gasteiger partial charge in [0, 0.05) is 16.5 Å². The van der Waals surface area contributed by atoms with E-state index >= 15 is 0 Å². The molecular weight excluding hydrogens is 308 g/mol. The second-order valence-electron chi connectivity index (χ2n) is 4.43. The van der Waals surface area contributed by atoms with Crippen LogP contribution in [0.25, 0.3) is 0 Å². The van der Waals surface area contributed by atoms with E-state index in [1.54, 1.807) is 17.6 Å². The van der Waals surface area contributed by atoms with Gasteiger partial charge in [-0.25, -0.2) is 5.48 Å². The third kappa shape index (κ3) is 4.22. The Hall–Kier alpha value is -1.53. The van der Waals surface area contributed by atoms with Crippen LogP contribution in [0.2, 0.25) is 5.02 Å². The fraction of sp³-hybridized carbons (Fsp3) is 0.133. The van der Waals surface area contributed by atoms with Crippen molar-refractivity contribution in [3.05, 3.63) is 64.7 Å². The van der Waals surface area contributed by atoms with Gasteiger partial charge in [-0.1, -0.05) is 35.9 Å². The van der Waals surface area contributed by atoms with Crippen molar-refractivity contribution in [1.29, 1.82) is 0 Å². The molecule has 6 heteroatoms. The average molecular weight is 323 g/mol. The van der Waals surface area contributed by atoms with E-state index in [1.165, 1.54) is 11.9 Å². The molecule has 0 heterocycles. The van der Waals surface area contributed by atoms with Crippen LogP contribution in [0.5, 0.6) is 0 Å². The molecule has 0 aromatic heterocycles. The number of carbonyl (C=O) groups excluding carboxylic acids is 1. The molecule has 2 aromatic carbocycles. The highest BCUT2D eigenvalue weighted by Crippen LogP contribution is 2.27. The van der Waals surface area contributed by atoms with Gasteiger partial charge in [0.15, 0.2) is 0 Å². The van der Waals surface area contributed by atoms with E-state index in [2.05, 4.69) is 4.72 Å². The summed E-state index contributed by atoms with van der Waals surface area (Å²) in [4.78, 5) is 12.2. The molecule has 110 valence electrons. The zero-order chi connectivity index (χ0) is 15.2. The Bertz CT molecular complexity index is 619. The molecule has 0 aliphatic heterocycles. The molecule has 0 radical (unpaired) electrons. The zero-order valence-corrected chi connectivity index (χ0v) is 12.9. The van der Waals surface area contributed by atoms with Crippen LogP contribution in [0.4, 0.5) is 0 Å². The number of nitrogens with one attached hydrogen (secondary N) is 2. The van der Waals surface area contributed by atoms with E-state index < -0.39 is 5.91 Å². The Morgan fingerprint density at radius 1 is 1.19 bits per heavy atom. The van der Waals surface area contributed by atoms with Crippen molar-refractivity contribution in [2.45, 2.75) is 17.9 Å². The van der Waals surface area contributed by atoms with E-state index in [-0.39, 0.29) is 6.04 Å². The molecule has 0 spiro atoms. The first-order valence-electron chi connectivity index (χ1n) is 6.33. The summed E-state index contributed by atoms with van der Waals surface area (Å²) in [6.45, 7) is 2.02. The van der Waals surface area contributed by atoms with Gasteiger partial charge in [-0.2, -0.15) is 0 Å². The first-order chi connectivity index (χ1) is 10.1. The van der Waals surface area contributed by atoms with E-state index in [1.807, 2.05) is 43.3 Å². The Labute approximate surface area is 132 Å². The van der Waals surface area contributed by atoms with Crippen molar-refractivity contribution in [2.24, 2.45) is 0 Å². The third-order valence-corrected chi connectivity index (χ3v) is 4.45. The molecule has 2 aromatic rings. The van der Waals surface area contributed by atoms with E-state index in [0.29, 0.717) is 10.6 Å². The van der Waals surface area contributed by atoms with Crippen LogP contribution in [-0.2, 0) is 0 Å². The third-order valence-electron chi connectivity index (χ3n) is 2.96. The Morgan fingerprint density at radius 2 is 1.86 bits per heavy atom. The summed E-state index contributed by atoms with van der Waals surface area (Å²) in [5.74, 6) is -0.521. The predicted molar refractivity (Wildman–Crippen MR) is 84.6 cm³/mol. The molecule has 3 N–H and O–H groups in total. The SMILES string of the molecule is CC(NSc1ccccc1Cl)c1ccc(C(=O)NO)cc1. The monoisotopic (exact) mass is 322 g/mol. The lowest BCUT2D eigenvalue weighted by Crippen LogP contribution is -2.18. The summed E-state index contributed by atoms with van der Waals surface area (Å²) in [6.07, 6.45) is 0. The second kappa shape index (κ2) is 7.47. The standard InChI is InChI=1S/C15H15ClN2O2S/c1-10(18-21-14-5-3-2-4-13(14)16)11-6-8-12(9-7-11)15(19)17-20/h2-10,18,20H,1H3,(H,17,19). The number of benzene rings is 2. The van der Waals surface area contributed by atoms with Crippen LogP contribution >= 0.6 is 23.5 Å². The zero-order valence-electron chi connectivity index (χ0n) is 11.3. The molecule has 0 aliphatic rings. The van der Waals surface area contributed by atoms with Gasteiger partial charge < -0.3 is 0 Å². The highest BCUT2D eigenvalue weighted by Gasteiger charge is 2.09. The minimum absolute atomic E-state index is 0.0810. The maximum Gasteiger partial charge on any atom is 0.274 e. The van der Waals surface area contributed by atoms with Crippen molar-refractivity contribution in [3.63, 3.8) is 0 Å². The summed E-state index contributed by atoms with van der Waals surface area (Å²) >= 11 is 7.56. The number of hydroxylamine groups is 1. The molecule has 1 amide bonds. The number of amides is 1. The number of hydrogen-bond donors (Lipinski definition) is 3. The number of halogens is 1. The van der Waals surface area contributed by atoms with Crippen LogP contribution in [0.1, 0.15) is 28.9 Å². The fourth-order valence-corrected chi connectivity index (χ4v) is 2.74. The van der Waals surface area contributed by atoms with Gasteiger partial charge in [0.1, 0.15) is 0 Å². The summed E-state index contributed by atoms with van der Waals surface area (Å²) in [7, 11) is 0. The lowest BCUT2D eigenvalue weighted by Gasteiger charge is -2.14. The maximum absolute atomic E-state index is 11.2. The van der Waals surface area contributed by atoms with Crippen LogP contribution in [0.15, 0.2) is 53.4 Å². The van der Waals surface area contributed by atoms with Crippen LogP contribution in [0.3, 0.4) is 0 Å². The molecule has 21 heavy (non-hydrogen) atoms. The van der Waals surface area contributed by atoms with Gasteiger partial charge in [-0.15, -0.1) is 0 Å². The normalized spacial score (nSPS) is 12.0. The lowest BCUT2D eigenvalue weighted by molar-refractivity contribution is 0.0706. The number of hydrogen-bond acceptors (Lipinski definition) is 4. The predicted octanol–water partition coefficient (Wildman–Crippen LogP) is 3.82. The van der Waals surface area contributed by atoms with E-state index in [0.717, 1.165) is 10.5 Å². The summed E-state index contributed by atoms with van der Waals surface area (Å²) in [5.41, 5.74) is 3.05. The Morgan fingerprint density at radius 3 is 2.48 bits per heavy atom. The average Bonchev–Trinajstić information content (AvgIpc) is 2.53. The highest BCUT2D eigenvalue weighted by molar-refractivity contribution is 7.97. The second-order valence-corrected chi connectivity index (χ2v) is 5.72. The molecule has 0 aliphatic carbocycles. The number of rotatable bonds is 5. The van der Waals surface area contributed by atoms with Gasteiger partial charge in [-0.3, -0.25) is 14.7 Å². The van der Waals surface area contributed by atoms with Gasteiger partial charge in [0.25, 0.3) is 5.91 Å². The van der Waals surface area contributed by atoms with Crippen LogP contribution in [-0.4, -0.2) is 11.1 Å². The molecule has 1 unspecified atom stereocenters. The van der Waals surface area contributed by atoms with Crippen molar-refractivity contribution < 1.29 is 10.0 Å². The highest BCUT2D eigenvalue weighted by atomic mass is 35.5. The van der Waals surface area contributed by atoms with Crippen molar-refractivity contribution in [2.75, 3.05) is 0 Å². The minimum atomic E-state index is -0.521. The maximum atomic E-state index is 11.2. The Kier molecular flexibility index (Phi) is 5.64. The topological polar surface area (TPSA) is 61.4 Å². The molecule has 0 bridgehead atoms. The lowest BCUT2D eigenvalue weighted by atomic mass is 10.1. The van der Waals surface area contributed by atoms with Crippen molar-refractivity contribution >= 4 is 29.5 Å². The molecule has 2 rings (SSSR count). The van der Waals surface area contributed by atoms with Crippen LogP contribution < -0.4 is 10.2 Å². The van der Waals surface area contributed by atoms with Crippen molar-refractivity contribution in [3.8, 4) is 0 Å². The molecule has 1 atom stereocenters. The first-order valence-corrected chi connectivity index (χ1v) is 7.52. The van der Waals surface area contributed by atoms with E-state index in [4.69, 9.17) is 16.8 Å². The molecule has 0 fully saturated rings. The van der Waals surface area contributed by atoms with Crippen LogP contribution in [0, 0.1) is 0 Å². The largest absolute Gasteiger partial charge is 0.288 e. The molecule has 0 saturated carbocycles. The summed E-state index contributed by atoms with van der Waals surface area (Å²) < 4.78 is 3.30. The fourth-order valence-electron chi connectivity index (χ4n) is 1.74. The summed E-state index contributed by atoms with van der Waals surface area (Å²) in [5, 5.41) is 9.28. The first kappa shape index (κ1) is 15.9. The molecule has 0 saturated heterocycles. The minimum Gasteiger partial charge on any atom is -0.288 e. The smallest absolute Gasteiger partial charge is 0.274 e. The molecule has 4 nitrogen and oxygen atoms in total. The van der Waals surface area contributed by atoms with Gasteiger partial charge in [-0.05, 0) is 48.7 Å². The quantitative estimate of drug-likeness (QED) is 0.445. The van der Waals surface area contributed by atoms with Crippen molar-refractivity contribution in [1.82, 2.24) is 10.2 Å². The number of carbonyl (C=O) groups is 1. The van der Waals surface area contributed by atoms with Gasteiger partial charge >= 0.3 is 0 Å². The van der Waals surface area contributed by atoms with Gasteiger partial charge in [0.05, 0.1) is 5.02 Å². The van der Waals surface area contributed by atoms with Gasteiger partial charge in [0.2, 0.25) is 0 Å².